The highest BCUT2D eigenvalue weighted by Gasteiger charge is 2.45. The van der Waals surface area contributed by atoms with Crippen LogP contribution in [0.3, 0.4) is 0 Å². The Morgan fingerprint density at radius 1 is 0.431 bits per heavy atom. The van der Waals surface area contributed by atoms with Crippen molar-refractivity contribution in [3.8, 4) is 0 Å². The van der Waals surface area contributed by atoms with E-state index in [4.69, 9.17) is 42.6 Å². The first-order chi connectivity index (χ1) is 32.2. The Morgan fingerprint density at radius 3 is 1.26 bits per heavy atom. The van der Waals surface area contributed by atoms with Gasteiger partial charge in [0.15, 0.2) is 12.4 Å². The first-order valence-electron chi connectivity index (χ1n) is 22.3. The van der Waals surface area contributed by atoms with Gasteiger partial charge in [-0.15, -0.1) is 0 Å². The molecule has 7 atom stereocenters. The van der Waals surface area contributed by atoms with Crippen molar-refractivity contribution in [1.29, 1.82) is 0 Å². The molecule has 65 heavy (non-hydrogen) atoms. The van der Waals surface area contributed by atoms with Crippen molar-refractivity contribution in [3.05, 3.63) is 239 Å². The number of ether oxygens (including phenoxy) is 9. The number of benzene rings is 6. The van der Waals surface area contributed by atoms with E-state index in [2.05, 4.69) is 24.3 Å². The maximum atomic E-state index is 6.96. The molecule has 0 N–H and O–H groups in total. The highest BCUT2D eigenvalue weighted by atomic mass is 16.7. The molecule has 9 heteroatoms. The minimum atomic E-state index is -0.828. The summed E-state index contributed by atoms with van der Waals surface area (Å²) in [7, 11) is 1.63. The van der Waals surface area contributed by atoms with Crippen LogP contribution in [0.25, 0.3) is 0 Å². The number of allylic oxidation sites excluding steroid dienone is 1. The first kappa shape index (κ1) is 45.8. The van der Waals surface area contributed by atoms with Crippen molar-refractivity contribution in [1.82, 2.24) is 0 Å². The molecule has 0 unspecified atom stereocenters. The quantitative estimate of drug-likeness (QED) is 0.0662. The van der Waals surface area contributed by atoms with Crippen molar-refractivity contribution in [2.45, 2.75) is 82.6 Å². The lowest BCUT2D eigenvalue weighted by Crippen LogP contribution is -2.54. The third-order valence-electron chi connectivity index (χ3n) is 11.3. The Balaban J connectivity index is 1.14. The Labute approximate surface area is 383 Å². The maximum Gasteiger partial charge on any atom is 0.183 e. The Hall–Kier alpha value is -5.72. The van der Waals surface area contributed by atoms with E-state index in [9.17, 15) is 0 Å². The van der Waals surface area contributed by atoms with Gasteiger partial charge in [0, 0.05) is 12.7 Å². The summed E-state index contributed by atoms with van der Waals surface area (Å²) in [6.45, 7) is 2.67. The van der Waals surface area contributed by atoms with Crippen LogP contribution in [0.5, 0.6) is 0 Å². The van der Waals surface area contributed by atoms with Gasteiger partial charge in [-0.3, -0.25) is 0 Å². The lowest BCUT2D eigenvalue weighted by Gasteiger charge is -2.43. The molecule has 0 saturated carbocycles. The van der Waals surface area contributed by atoms with Gasteiger partial charge < -0.3 is 42.6 Å². The highest BCUT2D eigenvalue weighted by molar-refractivity contribution is 5.30. The molecule has 0 amide bonds. The summed E-state index contributed by atoms with van der Waals surface area (Å²) in [5, 5.41) is 0. The van der Waals surface area contributed by atoms with Crippen LogP contribution in [0.4, 0.5) is 0 Å². The molecule has 8 rings (SSSR count). The monoisotopic (exact) mass is 874 g/mol. The second-order valence-electron chi connectivity index (χ2n) is 16.1. The summed E-state index contributed by atoms with van der Waals surface area (Å²) in [4.78, 5) is 0. The predicted octanol–water partition coefficient (Wildman–Crippen LogP) is 10.3. The number of methoxy groups -OCH3 is 1. The van der Waals surface area contributed by atoms with E-state index in [1.807, 2.05) is 170 Å². The number of hydrogen-bond donors (Lipinski definition) is 0. The minimum Gasteiger partial charge on any atom is -0.485 e. The van der Waals surface area contributed by atoms with Crippen LogP contribution in [-0.2, 0) is 82.3 Å². The van der Waals surface area contributed by atoms with Gasteiger partial charge in [0.05, 0.1) is 52.9 Å². The predicted molar refractivity (Wildman–Crippen MR) is 249 cm³/mol. The normalized spacial score (nSPS) is 22.6. The fourth-order valence-corrected chi connectivity index (χ4v) is 7.96. The van der Waals surface area contributed by atoms with E-state index in [0.717, 1.165) is 33.4 Å². The fourth-order valence-electron chi connectivity index (χ4n) is 7.96. The molecule has 1 fully saturated rings. The van der Waals surface area contributed by atoms with Crippen LogP contribution >= 0.6 is 0 Å². The Morgan fingerprint density at radius 2 is 0.815 bits per heavy atom. The Kier molecular flexibility index (Phi) is 17.3. The van der Waals surface area contributed by atoms with Crippen molar-refractivity contribution >= 4 is 0 Å². The average molecular weight is 875 g/mol. The number of hydrogen-bond acceptors (Lipinski definition) is 9. The van der Waals surface area contributed by atoms with Gasteiger partial charge in [0.2, 0.25) is 0 Å². The van der Waals surface area contributed by atoms with Crippen LogP contribution in [0.15, 0.2) is 205 Å². The van der Waals surface area contributed by atoms with Crippen molar-refractivity contribution in [2.24, 2.45) is 0 Å². The van der Waals surface area contributed by atoms with Crippen LogP contribution in [0.1, 0.15) is 33.4 Å². The summed E-state index contributed by atoms with van der Waals surface area (Å²) in [6.07, 6.45) is -0.286. The second kappa shape index (κ2) is 24.5. The zero-order valence-corrected chi connectivity index (χ0v) is 36.8. The van der Waals surface area contributed by atoms with Crippen molar-refractivity contribution < 1.29 is 42.6 Å². The van der Waals surface area contributed by atoms with E-state index < -0.39 is 42.9 Å². The Bertz CT molecular complexity index is 2310. The molecule has 0 radical (unpaired) electrons. The summed E-state index contributed by atoms with van der Waals surface area (Å²) >= 11 is 0. The molecule has 1 saturated heterocycles. The lowest BCUT2D eigenvalue weighted by molar-refractivity contribution is -0.243. The molecule has 6 aromatic carbocycles. The molecule has 2 heterocycles. The third-order valence-corrected chi connectivity index (χ3v) is 11.3. The van der Waals surface area contributed by atoms with E-state index >= 15 is 0 Å². The molecule has 336 valence electrons. The van der Waals surface area contributed by atoms with Gasteiger partial charge in [-0.2, -0.15) is 0 Å². The minimum absolute atomic E-state index is 0.238. The molecule has 0 spiro atoms. The number of rotatable bonds is 22. The standard InChI is InChI=1S/C56H58O9/c1-57-56-49(53(61-37-45-26-14-5-15-27-45)55(63-39-47-30-18-7-19-31-47)52(65-56)41-59-35-43-22-10-3-11-23-43)32-48-33-50(60-36-44-24-12-4-13-25-44)54(62-38-46-28-16-6-17-29-46)51(64-48)40-58-34-42-20-8-2-9-21-42/h2-33,50-56H,34-41H2,1H3/b49-32-/t50-,51-,52-,53-,54+,55-,56-/m1/s1. The van der Waals surface area contributed by atoms with Crippen molar-refractivity contribution in [2.75, 3.05) is 20.3 Å². The second-order valence-corrected chi connectivity index (χ2v) is 16.1. The van der Waals surface area contributed by atoms with Gasteiger partial charge in [0.1, 0.15) is 36.3 Å². The van der Waals surface area contributed by atoms with Gasteiger partial charge in [-0.1, -0.05) is 182 Å². The molecular weight excluding hydrogens is 817 g/mol. The molecule has 2 aliphatic rings. The topological polar surface area (TPSA) is 83.1 Å². The smallest absolute Gasteiger partial charge is 0.183 e. The van der Waals surface area contributed by atoms with Crippen molar-refractivity contribution in [3.63, 3.8) is 0 Å². The summed E-state index contributed by atoms with van der Waals surface area (Å²) in [5.41, 5.74) is 6.94. The molecule has 9 nitrogen and oxygen atoms in total. The van der Waals surface area contributed by atoms with E-state index in [1.54, 1.807) is 7.11 Å². The molecular formula is C56H58O9. The van der Waals surface area contributed by atoms with E-state index in [-0.39, 0.29) is 13.2 Å². The summed E-state index contributed by atoms with van der Waals surface area (Å²) in [6, 6.07) is 60.7. The third kappa shape index (κ3) is 13.7. The first-order valence-corrected chi connectivity index (χ1v) is 22.3. The molecule has 6 aromatic rings. The van der Waals surface area contributed by atoms with Crippen LogP contribution < -0.4 is 0 Å². The van der Waals surface area contributed by atoms with Gasteiger partial charge in [0.25, 0.3) is 0 Å². The lowest BCUT2D eigenvalue weighted by atomic mass is 9.94. The zero-order valence-electron chi connectivity index (χ0n) is 36.8. The molecule has 0 bridgehead atoms. The highest BCUT2D eigenvalue weighted by Crippen LogP contribution is 2.35. The largest absolute Gasteiger partial charge is 0.485 e. The van der Waals surface area contributed by atoms with Crippen LogP contribution in [-0.4, -0.2) is 63.2 Å². The average Bonchev–Trinajstić information content (AvgIpc) is 3.36. The zero-order chi connectivity index (χ0) is 44.3. The van der Waals surface area contributed by atoms with E-state index in [1.165, 1.54) is 0 Å². The van der Waals surface area contributed by atoms with Gasteiger partial charge >= 0.3 is 0 Å². The molecule has 0 aliphatic carbocycles. The summed E-state index contributed by atoms with van der Waals surface area (Å²) in [5.74, 6) is 0.547. The van der Waals surface area contributed by atoms with Crippen LogP contribution in [0.2, 0.25) is 0 Å². The van der Waals surface area contributed by atoms with E-state index in [0.29, 0.717) is 51.0 Å². The van der Waals surface area contributed by atoms with Gasteiger partial charge in [-0.05, 0) is 45.5 Å². The fraction of sp³-hybridized carbons (Fsp3) is 0.286. The van der Waals surface area contributed by atoms with Gasteiger partial charge in [-0.25, -0.2) is 0 Å². The van der Waals surface area contributed by atoms with Crippen LogP contribution in [0, 0.1) is 0 Å². The molecule has 2 aliphatic heterocycles. The molecule has 0 aromatic heterocycles. The summed E-state index contributed by atoms with van der Waals surface area (Å²) < 4.78 is 60.0. The SMILES string of the molecule is CO[C@@H]1O[C@H](COCc2ccccc2)[C@@H](OCc2ccccc2)[C@H](OCc2ccccc2)/C1=C/C1=C[C@@H](OCc2ccccc2)[C@H](OCc2ccccc2)[C@@H](COCc2ccccc2)O1. The maximum absolute atomic E-state index is 6.96.